The lowest BCUT2D eigenvalue weighted by Crippen LogP contribution is -2.45. The van der Waals surface area contributed by atoms with Crippen molar-refractivity contribution in [2.24, 2.45) is 13.0 Å². The number of hydrogen-bond donors (Lipinski definition) is 0. The summed E-state index contributed by atoms with van der Waals surface area (Å²) in [7, 11) is 1.78. The monoisotopic (exact) mass is 422 g/mol. The van der Waals surface area contributed by atoms with Crippen LogP contribution < -0.4 is 10.4 Å². The van der Waals surface area contributed by atoms with Crippen molar-refractivity contribution in [2.75, 3.05) is 13.1 Å². The maximum atomic E-state index is 12.9. The van der Waals surface area contributed by atoms with E-state index < -0.39 is 6.10 Å². The molecule has 3 heterocycles. The van der Waals surface area contributed by atoms with Gasteiger partial charge in [-0.3, -0.25) is 13.9 Å². The highest BCUT2D eigenvalue weighted by Crippen LogP contribution is 2.24. The zero-order valence-corrected chi connectivity index (χ0v) is 18.7. The molecule has 1 aromatic carbocycles. The molecule has 7 nitrogen and oxygen atoms in total. The summed E-state index contributed by atoms with van der Waals surface area (Å²) >= 11 is 0. The normalized spacial score (nSPS) is 15.9. The number of likely N-dealkylation sites (tertiary alicyclic amines) is 1. The highest BCUT2D eigenvalue weighted by Gasteiger charge is 2.28. The van der Waals surface area contributed by atoms with Crippen LogP contribution in [0.15, 0.2) is 41.3 Å². The van der Waals surface area contributed by atoms with Crippen LogP contribution in [0.25, 0.3) is 11.2 Å². The van der Waals surface area contributed by atoms with Gasteiger partial charge in [-0.05, 0) is 68.9 Å². The Bertz CT molecular complexity index is 1160. The molecule has 0 N–H and O–H groups in total. The molecule has 164 valence electrons. The Morgan fingerprint density at radius 2 is 1.94 bits per heavy atom. The number of hydrogen-bond acceptors (Lipinski definition) is 4. The van der Waals surface area contributed by atoms with Gasteiger partial charge in [0, 0.05) is 32.9 Å². The highest BCUT2D eigenvalue weighted by molar-refractivity contribution is 5.81. The number of carbonyl (C=O) groups excluding carboxylic acids is 1. The van der Waals surface area contributed by atoms with E-state index in [4.69, 9.17) is 4.74 Å². The van der Waals surface area contributed by atoms with Gasteiger partial charge in [0.05, 0.1) is 5.52 Å². The third kappa shape index (κ3) is 4.09. The van der Waals surface area contributed by atoms with Gasteiger partial charge in [0.2, 0.25) is 0 Å². The van der Waals surface area contributed by atoms with Crippen LogP contribution in [0, 0.1) is 19.8 Å². The highest BCUT2D eigenvalue weighted by atomic mass is 16.5. The second-order valence-corrected chi connectivity index (χ2v) is 8.53. The van der Waals surface area contributed by atoms with Crippen molar-refractivity contribution in [1.29, 1.82) is 0 Å². The third-order valence-electron chi connectivity index (χ3n) is 6.47. The van der Waals surface area contributed by atoms with Crippen molar-refractivity contribution in [3.05, 3.63) is 58.1 Å². The van der Waals surface area contributed by atoms with Crippen LogP contribution in [0.5, 0.6) is 5.75 Å². The number of ether oxygens (including phenoxy) is 1. The fourth-order valence-electron chi connectivity index (χ4n) is 4.34. The molecule has 0 aliphatic carbocycles. The molecule has 1 aliphatic rings. The van der Waals surface area contributed by atoms with Crippen LogP contribution >= 0.6 is 0 Å². The molecule has 0 radical (unpaired) electrons. The summed E-state index contributed by atoms with van der Waals surface area (Å²) in [5.41, 5.74) is 3.75. The van der Waals surface area contributed by atoms with Crippen molar-refractivity contribution in [2.45, 2.75) is 46.3 Å². The van der Waals surface area contributed by atoms with E-state index in [2.05, 4.69) is 4.98 Å². The van der Waals surface area contributed by atoms with Crippen LogP contribution in [-0.2, 0) is 18.4 Å². The predicted molar refractivity (Wildman–Crippen MR) is 120 cm³/mol. The van der Waals surface area contributed by atoms with Crippen LogP contribution in [0.4, 0.5) is 0 Å². The van der Waals surface area contributed by atoms with Gasteiger partial charge in [0.15, 0.2) is 11.8 Å². The van der Waals surface area contributed by atoms with Gasteiger partial charge in [0.25, 0.3) is 5.91 Å². The lowest BCUT2D eigenvalue weighted by atomic mass is 9.96. The van der Waals surface area contributed by atoms with Gasteiger partial charge in [-0.2, -0.15) is 0 Å². The molecular weight excluding hydrogens is 392 g/mol. The van der Waals surface area contributed by atoms with E-state index in [-0.39, 0.29) is 11.6 Å². The smallest absolute Gasteiger partial charge is 0.330 e. The Balaban J connectivity index is 1.38. The lowest BCUT2D eigenvalue weighted by Gasteiger charge is -2.33. The Labute approximate surface area is 182 Å². The number of amides is 1. The van der Waals surface area contributed by atoms with Crippen molar-refractivity contribution < 1.29 is 9.53 Å². The first-order chi connectivity index (χ1) is 14.9. The zero-order chi connectivity index (χ0) is 22.1. The molecule has 3 aromatic rings. The molecule has 1 atom stereocenters. The van der Waals surface area contributed by atoms with Gasteiger partial charge >= 0.3 is 5.69 Å². The first-order valence-electron chi connectivity index (χ1n) is 10.9. The summed E-state index contributed by atoms with van der Waals surface area (Å²) < 4.78 is 9.40. The molecule has 7 heteroatoms. The molecule has 0 bridgehead atoms. The summed E-state index contributed by atoms with van der Waals surface area (Å²) in [6.45, 7) is 7.85. The summed E-state index contributed by atoms with van der Waals surface area (Å²) in [6, 6.07) is 9.66. The van der Waals surface area contributed by atoms with Gasteiger partial charge in [-0.1, -0.05) is 12.1 Å². The van der Waals surface area contributed by atoms with Gasteiger partial charge < -0.3 is 9.64 Å². The van der Waals surface area contributed by atoms with E-state index in [1.54, 1.807) is 22.4 Å². The van der Waals surface area contributed by atoms with E-state index >= 15 is 0 Å². The molecule has 1 unspecified atom stereocenters. The van der Waals surface area contributed by atoms with Gasteiger partial charge in [-0.25, -0.2) is 9.78 Å². The largest absolute Gasteiger partial charge is 0.481 e. The van der Waals surface area contributed by atoms with Crippen molar-refractivity contribution in [3.63, 3.8) is 0 Å². The molecular formula is C24H30N4O3. The maximum absolute atomic E-state index is 12.9. The number of aromatic nitrogens is 3. The van der Waals surface area contributed by atoms with Crippen LogP contribution in [0.1, 0.15) is 30.9 Å². The van der Waals surface area contributed by atoms with E-state index in [0.717, 1.165) is 40.9 Å². The minimum Gasteiger partial charge on any atom is -0.481 e. The first-order valence-corrected chi connectivity index (χ1v) is 10.9. The standard InChI is InChI=1S/C24H30N4O3/c1-16-7-5-9-21(17(16)2)31-18(3)23(29)27-13-10-19(11-14-27)15-28-22-20(8-6-12-25-22)26(4)24(28)30/h5-9,12,18-19H,10-11,13-15H2,1-4H3. The second kappa shape index (κ2) is 8.57. The third-order valence-corrected chi connectivity index (χ3v) is 6.47. The average molecular weight is 423 g/mol. The number of nitrogens with zero attached hydrogens (tertiary/aromatic N) is 4. The van der Waals surface area contributed by atoms with Crippen molar-refractivity contribution in [3.8, 4) is 5.75 Å². The Morgan fingerprint density at radius 3 is 2.68 bits per heavy atom. The number of benzene rings is 1. The average Bonchev–Trinajstić information content (AvgIpc) is 3.02. The Kier molecular flexibility index (Phi) is 5.85. The number of imidazole rings is 1. The maximum Gasteiger partial charge on any atom is 0.330 e. The van der Waals surface area contributed by atoms with Gasteiger partial charge in [-0.15, -0.1) is 0 Å². The van der Waals surface area contributed by atoms with Crippen molar-refractivity contribution >= 4 is 17.1 Å². The molecule has 1 aliphatic heterocycles. The minimum absolute atomic E-state index is 0.0170. The summed E-state index contributed by atoms with van der Waals surface area (Å²) in [6.07, 6.45) is 2.91. The first kappa shape index (κ1) is 21.2. The number of aryl methyl sites for hydroxylation is 2. The molecule has 2 aromatic heterocycles. The summed E-state index contributed by atoms with van der Waals surface area (Å²) in [4.78, 5) is 31.9. The molecule has 4 rings (SSSR count). The Hall–Kier alpha value is -3.09. The number of rotatable bonds is 5. The summed E-state index contributed by atoms with van der Waals surface area (Å²) in [5, 5.41) is 0. The van der Waals surface area contributed by atoms with Crippen LogP contribution in [-0.4, -0.2) is 44.1 Å². The lowest BCUT2D eigenvalue weighted by molar-refractivity contribution is -0.139. The van der Waals surface area contributed by atoms with Crippen molar-refractivity contribution in [1.82, 2.24) is 19.0 Å². The van der Waals surface area contributed by atoms with Crippen LogP contribution in [0.3, 0.4) is 0 Å². The van der Waals surface area contributed by atoms with E-state index in [9.17, 15) is 9.59 Å². The Morgan fingerprint density at radius 1 is 1.19 bits per heavy atom. The number of fused-ring (bicyclic) bond motifs is 1. The van der Waals surface area contributed by atoms with E-state index in [1.165, 1.54) is 0 Å². The molecule has 0 spiro atoms. The molecule has 0 saturated carbocycles. The molecule has 1 saturated heterocycles. The number of carbonyl (C=O) groups is 1. The number of piperidine rings is 1. The SMILES string of the molecule is Cc1cccc(OC(C)C(=O)N2CCC(Cn3c(=O)n(C)c4cccnc43)CC2)c1C. The summed E-state index contributed by atoms with van der Waals surface area (Å²) in [5.74, 6) is 1.12. The fourth-order valence-corrected chi connectivity index (χ4v) is 4.34. The molecule has 31 heavy (non-hydrogen) atoms. The van der Waals surface area contributed by atoms with E-state index in [0.29, 0.717) is 25.6 Å². The molecule has 1 fully saturated rings. The predicted octanol–water partition coefficient (Wildman–Crippen LogP) is 3.06. The topological polar surface area (TPSA) is 69.4 Å². The minimum atomic E-state index is -0.526. The van der Waals surface area contributed by atoms with Crippen LogP contribution in [0.2, 0.25) is 0 Å². The molecule has 1 amide bonds. The quantitative estimate of drug-likeness (QED) is 0.634. The second-order valence-electron chi connectivity index (χ2n) is 8.53. The van der Waals surface area contributed by atoms with E-state index in [1.807, 2.05) is 56.0 Å². The fraction of sp³-hybridized carbons (Fsp3) is 0.458. The zero-order valence-electron chi connectivity index (χ0n) is 18.7. The van der Waals surface area contributed by atoms with Gasteiger partial charge in [0.1, 0.15) is 5.75 Å². The number of pyridine rings is 1.